The van der Waals surface area contributed by atoms with Gasteiger partial charge in [-0.25, -0.2) is 19.5 Å². The minimum absolute atomic E-state index is 0.327. The van der Waals surface area contributed by atoms with Crippen molar-refractivity contribution in [2.75, 3.05) is 25.6 Å². The van der Waals surface area contributed by atoms with Crippen LogP contribution in [0.25, 0.3) is 22.4 Å². The van der Waals surface area contributed by atoms with Gasteiger partial charge >= 0.3 is 0 Å². The minimum Gasteiger partial charge on any atom is -0.382 e. The first-order valence-electron chi connectivity index (χ1n) is 10.7. The average Bonchev–Trinajstić information content (AvgIpc) is 3.38. The van der Waals surface area contributed by atoms with Gasteiger partial charge in [0.2, 0.25) is 11.7 Å². The molecule has 1 aliphatic carbocycles. The molecule has 1 aliphatic rings. The molecule has 4 aromatic rings. The molecule has 0 aromatic carbocycles. The van der Waals surface area contributed by atoms with Gasteiger partial charge in [0.25, 0.3) is 0 Å². The molecule has 1 saturated carbocycles. The van der Waals surface area contributed by atoms with Gasteiger partial charge in [-0.05, 0) is 38.7 Å². The molecule has 4 heterocycles. The highest BCUT2D eigenvalue weighted by Crippen LogP contribution is 2.26. The fraction of sp³-hybridized carbons (Fsp3) is 0.455. The Hall–Kier alpha value is -3.04. The smallest absolute Gasteiger partial charge is 0.241 e. The Labute approximate surface area is 180 Å². The third-order valence-corrected chi connectivity index (χ3v) is 5.93. The van der Waals surface area contributed by atoms with Crippen molar-refractivity contribution < 1.29 is 9.47 Å². The molecule has 0 radical (unpaired) electrons. The highest BCUT2D eigenvalue weighted by molar-refractivity contribution is 5.79. The number of ether oxygens (including phenoxy) is 2. The van der Waals surface area contributed by atoms with Crippen LogP contribution in [-0.2, 0) is 9.47 Å². The summed E-state index contributed by atoms with van der Waals surface area (Å²) in [5.41, 5.74) is 4.05. The van der Waals surface area contributed by atoms with Crippen LogP contribution in [0.15, 0.2) is 37.1 Å². The first-order chi connectivity index (χ1) is 15.2. The molecule has 162 valence electrons. The zero-order chi connectivity index (χ0) is 21.2. The van der Waals surface area contributed by atoms with Crippen LogP contribution in [0.3, 0.4) is 0 Å². The van der Waals surface area contributed by atoms with Crippen LogP contribution < -0.4 is 5.32 Å². The second-order valence-corrected chi connectivity index (χ2v) is 8.03. The van der Waals surface area contributed by atoms with E-state index in [-0.39, 0.29) is 0 Å². The van der Waals surface area contributed by atoms with Crippen LogP contribution in [0.4, 0.5) is 5.95 Å². The lowest BCUT2D eigenvalue weighted by molar-refractivity contribution is -0.00158. The number of rotatable bonds is 7. The molecule has 0 unspecified atom stereocenters. The highest BCUT2D eigenvalue weighted by Gasteiger charge is 2.22. The van der Waals surface area contributed by atoms with E-state index in [0.717, 1.165) is 48.0 Å². The maximum Gasteiger partial charge on any atom is 0.241 e. The Balaban J connectivity index is 1.28. The van der Waals surface area contributed by atoms with Gasteiger partial charge in [-0.15, -0.1) is 5.10 Å². The van der Waals surface area contributed by atoms with E-state index in [1.165, 1.54) is 0 Å². The van der Waals surface area contributed by atoms with Gasteiger partial charge in [0.05, 0.1) is 37.2 Å². The summed E-state index contributed by atoms with van der Waals surface area (Å²) in [5.74, 6) is 1.35. The van der Waals surface area contributed by atoms with Gasteiger partial charge in [-0.2, -0.15) is 0 Å². The molecule has 4 aromatic heterocycles. The lowest BCUT2D eigenvalue weighted by atomic mass is 9.93. The number of hydrogen-bond acceptors (Lipinski definition) is 7. The molecule has 9 heteroatoms. The number of aromatic nitrogens is 6. The summed E-state index contributed by atoms with van der Waals surface area (Å²) in [6.07, 6.45) is 14.1. The van der Waals surface area contributed by atoms with Crippen LogP contribution in [0.5, 0.6) is 0 Å². The third kappa shape index (κ3) is 4.11. The number of aryl methyl sites for hydroxylation is 1. The first kappa shape index (κ1) is 19.9. The molecule has 0 saturated heterocycles. The van der Waals surface area contributed by atoms with Crippen LogP contribution in [0.1, 0.15) is 31.4 Å². The predicted molar refractivity (Wildman–Crippen MR) is 117 cm³/mol. The van der Waals surface area contributed by atoms with Crippen molar-refractivity contribution in [1.29, 1.82) is 0 Å². The number of nitrogens with one attached hydrogen (secondary N) is 1. The summed E-state index contributed by atoms with van der Waals surface area (Å²) >= 11 is 0. The second kappa shape index (κ2) is 8.60. The quantitative estimate of drug-likeness (QED) is 0.459. The molecular formula is C22H27N7O2. The minimum atomic E-state index is 0.327. The topological polar surface area (TPSA) is 90.9 Å². The Morgan fingerprint density at radius 1 is 1.06 bits per heavy atom. The number of fused-ring (bicyclic) bond motifs is 2. The predicted octanol–water partition coefficient (Wildman–Crippen LogP) is 3.13. The van der Waals surface area contributed by atoms with E-state index in [4.69, 9.17) is 9.47 Å². The second-order valence-electron chi connectivity index (χ2n) is 8.03. The van der Waals surface area contributed by atoms with E-state index >= 15 is 0 Å². The van der Waals surface area contributed by atoms with Crippen molar-refractivity contribution >= 4 is 17.2 Å². The number of imidazole rings is 1. The highest BCUT2D eigenvalue weighted by atomic mass is 16.5. The van der Waals surface area contributed by atoms with Crippen LogP contribution >= 0.6 is 0 Å². The summed E-state index contributed by atoms with van der Waals surface area (Å²) in [7, 11) is 1.70. The van der Waals surface area contributed by atoms with Gasteiger partial charge in [-0.1, -0.05) is 0 Å². The van der Waals surface area contributed by atoms with Gasteiger partial charge < -0.3 is 14.8 Å². The normalized spacial score (nSPS) is 19.3. The fourth-order valence-electron chi connectivity index (χ4n) is 4.19. The number of anilines is 1. The molecule has 9 nitrogen and oxygen atoms in total. The monoisotopic (exact) mass is 421 g/mol. The molecule has 0 amide bonds. The lowest BCUT2D eigenvalue weighted by Crippen LogP contribution is -2.31. The summed E-state index contributed by atoms with van der Waals surface area (Å²) in [5, 5.41) is 8.16. The van der Waals surface area contributed by atoms with Crippen molar-refractivity contribution in [1.82, 2.24) is 29.0 Å². The van der Waals surface area contributed by atoms with E-state index in [2.05, 4.69) is 31.6 Å². The Morgan fingerprint density at radius 3 is 2.74 bits per heavy atom. The summed E-state index contributed by atoms with van der Waals surface area (Å²) in [4.78, 5) is 13.3. The number of methoxy groups -OCH3 is 1. The Morgan fingerprint density at radius 2 is 1.90 bits per heavy atom. The third-order valence-electron chi connectivity index (χ3n) is 5.93. The molecule has 31 heavy (non-hydrogen) atoms. The molecule has 0 spiro atoms. The molecular weight excluding hydrogens is 394 g/mol. The maximum absolute atomic E-state index is 5.85. The molecule has 1 N–H and O–H groups in total. The standard InChI is InChI=1S/C22H27N7O2/c1-15-11-24-22-25-12-16(14-28(15)22)19-7-8-29-20(19)13-23-21(27-29)26-17-3-5-18(6-4-17)31-10-9-30-2/h7-8,11-14,17-18H,3-6,9-10H2,1-2H3,(H,26,27)/t17-,18+. The van der Waals surface area contributed by atoms with Gasteiger partial charge in [-0.3, -0.25) is 4.40 Å². The summed E-state index contributed by atoms with van der Waals surface area (Å²) in [6, 6.07) is 2.41. The van der Waals surface area contributed by atoms with Gasteiger partial charge in [0.15, 0.2) is 0 Å². The zero-order valence-electron chi connectivity index (χ0n) is 17.9. The van der Waals surface area contributed by atoms with Crippen molar-refractivity contribution in [2.24, 2.45) is 0 Å². The average molecular weight is 422 g/mol. The number of hydrogen-bond donors (Lipinski definition) is 1. The fourth-order valence-corrected chi connectivity index (χ4v) is 4.19. The van der Waals surface area contributed by atoms with E-state index in [1.807, 2.05) is 46.7 Å². The summed E-state index contributed by atoms with van der Waals surface area (Å²) < 4.78 is 14.8. The van der Waals surface area contributed by atoms with Crippen molar-refractivity contribution in [3.05, 3.63) is 42.7 Å². The van der Waals surface area contributed by atoms with Gasteiger partial charge in [0.1, 0.15) is 0 Å². The van der Waals surface area contributed by atoms with E-state index in [9.17, 15) is 0 Å². The molecule has 0 atom stereocenters. The zero-order valence-corrected chi connectivity index (χ0v) is 17.9. The van der Waals surface area contributed by atoms with Crippen molar-refractivity contribution in [3.8, 4) is 11.1 Å². The molecule has 1 fully saturated rings. The number of nitrogens with zero attached hydrogens (tertiary/aromatic N) is 6. The summed E-state index contributed by atoms with van der Waals surface area (Å²) in [6.45, 7) is 3.33. The lowest BCUT2D eigenvalue weighted by Gasteiger charge is -2.29. The van der Waals surface area contributed by atoms with Crippen LogP contribution in [0, 0.1) is 6.92 Å². The van der Waals surface area contributed by atoms with Crippen molar-refractivity contribution in [3.63, 3.8) is 0 Å². The van der Waals surface area contributed by atoms with Gasteiger partial charge in [0, 0.05) is 48.6 Å². The van der Waals surface area contributed by atoms with E-state index in [0.29, 0.717) is 37.1 Å². The molecule has 0 aliphatic heterocycles. The molecule has 0 bridgehead atoms. The maximum atomic E-state index is 5.85. The van der Waals surface area contributed by atoms with E-state index in [1.54, 1.807) is 7.11 Å². The van der Waals surface area contributed by atoms with Crippen LogP contribution in [0.2, 0.25) is 0 Å². The Bertz CT molecular complexity index is 1180. The van der Waals surface area contributed by atoms with Crippen molar-refractivity contribution in [2.45, 2.75) is 44.8 Å². The largest absolute Gasteiger partial charge is 0.382 e. The SMILES string of the molecule is COCCO[C@H]1CC[C@@H](Nc2ncc3c(-c4cnc5ncc(C)n5c4)ccn3n2)CC1. The Kier molecular flexibility index (Phi) is 5.52. The van der Waals surface area contributed by atoms with E-state index < -0.39 is 0 Å². The van der Waals surface area contributed by atoms with Crippen LogP contribution in [-0.4, -0.2) is 61.4 Å². The molecule has 5 rings (SSSR count). The first-order valence-corrected chi connectivity index (χ1v) is 10.7.